The van der Waals surface area contributed by atoms with E-state index in [0.29, 0.717) is 10.2 Å². The molecule has 2 rings (SSSR count). The molecule has 4 nitrogen and oxygen atoms in total. The fourth-order valence-electron chi connectivity index (χ4n) is 1.78. The van der Waals surface area contributed by atoms with Crippen molar-refractivity contribution in [3.63, 3.8) is 0 Å². The van der Waals surface area contributed by atoms with Gasteiger partial charge in [0.2, 0.25) is 0 Å². The molecular formula is C15H11BrF3NO3. The van der Waals surface area contributed by atoms with Crippen LogP contribution in [-0.2, 0) is 0 Å². The number of benzene rings is 2. The number of amides is 1. The van der Waals surface area contributed by atoms with Crippen LogP contribution < -0.4 is 14.8 Å². The van der Waals surface area contributed by atoms with Gasteiger partial charge in [-0.3, -0.25) is 4.79 Å². The molecule has 2 aromatic rings. The zero-order valence-electron chi connectivity index (χ0n) is 11.8. The van der Waals surface area contributed by atoms with E-state index in [2.05, 4.69) is 26.0 Å². The SMILES string of the molecule is COc1ccc(Br)c(C(=O)Nc2ccccc2OC(F)(F)F)c1. The minimum Gasteiger partial charge on any atom is -0.497 e. The summed E-state index contributed by atoms with van der Waals surface area (Å²) >= 11 is 3.21. The van der Waals surface area contributed by atoms with Crippen molar-refractivity contribution in [2.45, 2.75) is 6.36 Å². The molecule has 0 aromatic heterocycles. The van der Waals surface area contributed by atoms with Crippen LogP contribution in [-0.4, -0.2) is 19.4 Å². The number of carbonyl (C=O) groups excluding carboxylic acids is 1. The first-order valence-corrected chi connectivity index (χ1v) is 7.09. The van der Waals surface area contributed by atoms with Crippen LogP contribution >= 0.6 is 15.9 Å². The Hall–Kier alpha value is -2.22. The summed E-state index contributed by atoms with van der Waals surface area (Å²) in [5, 5.41) is 2.39. The van der Waals surface area contributed by atoms with Crippen molar-refractivity contribution < 1.29 is 27.4 Å². The maximum absolute atomic E-state index is 12.4. The van der Waals surface area contributed by atoms with E-state index in [1.54, 1.807) is 12.1 Å². The number of alkyl halides is 3. The fraction of sp³-hybridized carbons (Fsp3) is 0.133. The van der Waals surface area contributed by atoms with Gasteiger partial charge in [0.25, 0.3) is 5.91 Å². The molecule has 0 fully saturated rings. The predicted molar refractivity (Wildman–Crippen MR) is 81.8 cm³/mol. The van der Waals surface area contributed by atoms with Gasteiger partial charge < -0.3 is 14.8 Å². The molecule has 0 aliphatic carbocycles. The van der Waals surface area contributed by atoms with Gasteiger partial charge in [-0.25, -0.2) is 0 Å². The largest absolute Gasteiger partial charge is 0.573 e. The monoisotopic (exact) mass is 389 g/mol. The van der Waals surface area contributed by atoms with Gasteiger partial charge in [-0.05, 0) is 46.3 Å². The van der Waals surface area contributed by atoms with Gasteiger partial charge >= 0.3 is 6.36 Å². The van der Waals surface area contributed by atoms with E-state index >= 15 is 0 Å². The summed E-state index contributed by atoms with van der Waals surface area (Å²) < 4.78 is 46.6. The van der Waals surface area contributed by atoms with Crippen LogP contribution in [0.1, 0.15) is 10.4 Å². The molecule has 122 valence electrons. The molecule has 0 unspecified atom stereocenters. The van der Waals surface area contributed by atoms with Gasteiger partial charge in [-0.15, -0.1) is 13.2 Å². The average molecular weight is 390 g/mol. The Morgan fingerprint density at radius 2 is 1.87 bits per heavy atom. The highest BCUT2D eigenvalue weighted by molar-refractivity contribution is 9.10. The number of hydrogen-bond donors (Lipinski definition) is 1. The Morgan fingerprint density at radius 1 is 1.17 bits per heavy atom. The van der Waals surface area contributed by atoms with E-state index in [0.717, 1.165) is 6.07 Å². The molecule has 2 aromatic carbocycles. The lowest BCUT2D eigenvalue weighted by Gasteiger charge is -2.14. The Kier molecular flexibility index (Phi) is 5.15. The minimum absolute atomic E-state index is 0.0930. The second kappa shape index (κ2) is 6.91. The van der Waals surface area contributed by atoms with Gasteiger partial charge in [0.1, 0.15) is 5.75 Å². The normalized spacial score (nSPS) is 11.0. The first-order valence-electron chi connectivity index (χ1n) is 6.30. The first kappa shape index (κ1) is 17.1. The molecule has 0 aliphatic rings. The molecule has 0 saturated heterocycles. The van der Waals surface area contributed by atoms with Gasteiger partial charge in [0, 0.05) is 4.47 Å². The molecule has 0 radical (unpaired) electrons. The summed E-state index contributed by atoms with van der Waals surface area (Å²) in [6, 6.07) is 9.99. The number of carbonyl (C=O) groups is 1. The molecule has 0 saturated carbocycles. The van der Waals surface area contributed by atoms with E-state index in [4.69, 9.17) is 4.74 Å². The highest BCUT2D eigenvalue weighted by Crippen LogP contribution is 2.31. The van der Waals surface area contributed by atoms with Crippen molar-refractivity contribution in [1.82, 2.24) is 0 Å². The van der Waals surface area contributed by atoms with Crippen LogP contribution in [0.15, 0.2) is 46.9 Å². The van der Waals surface area contributed by atoms with Crippen molar-refractivity contribution in [2.75, 3.05) is 12.4 Å². The quantitative estimate of drug-likeness (QED) is 0.830. The van der Waals surface area contributed by atoms with E-state index < -0.39 is 18.0 Å². The molecule has 0 atom stereocenters. The summed E-state index contributed by atoms with van der Waals surface area (Å²) in [6.07, 6.45) is -4.85. The highest BCUT2D eigenvalue weighted by atomic mass is 79.9. The zero-order valence-corrected chi connectivity index (χ0v) is 13.4. The van der Waals surface area contributed by atoms with Crippen LogP contribution in [0.2, 0.25) is 0 Å². The Bertz CT molecular complexity index is 719. The standard InChI is InChI=1S/C15H11BrF3NO3/c1-22-9-6-7-11(16)10(8-9)14(21)20-12-4-2-3-5-13(12)23-15(17,18)19/h2-8H,1H3,(H,20,21). The zero-order chi connectivity index (χ0) is 17.0. The first-order chi connectivity index (χ1) is 10.8. The second-order valence-corrected chi connectivity index (χ2v) is 5.20. The Labute approximate surface area is 138 Å². The summed E-state index contributed by atoms with van der Waals surface area (Å²) in [6.45, 7) is 0. The Balaban J connectivity index is 2.27. The number of ether oxygens (including phenoxy) is 2. The molecule has 0 bridgehead atoms. The van der Waals surface area contributed by atoms with Gasteiger partial charge in [-0.1, -0.05) is 12.1 Å². The maximum atomic E-state index is 12.4. The fourth-order valence-corrected chi connectivity index (χ4v) is 2.21. The summed E-state index contributed by atoms with van der Waals surface area (Å²) in [7, 11) is 1.44. The third-order valence-corrected chi connectivity index (χ3v) is 3.47. The predicted octanol–water partition coefficient (Wildman–Crippen LogP) is 4.61. The smallest absolute Gasteiger partial charge is 0.497 e. The van der Waals surface area contributed by atoms with Crippen molar-refractivity contribution in [1.29, 1.82) is 0 Å². The molecule has 8 heteroatoms. The minimum atomic E-state index is -4.85. The van der Waals surface area contributed by atoms with Crippen LogP contribution in [0, 0.1) is 0 Å². The number of rotatable bonds is 4. The topological polar surface area (TPSA) is 47.6 Å². The summed E-state index contributed by atoms with van der Waals surface area (Å²) in [4.78, 5) is 12.3. The molecular weight excluding hydrogens is 379 g/mol. The third-order valence-electron chi connectivity index (χ3n) is 2.78. The number of anilines is 1. The van der Waals surface area contributed by atoms with Crippen molar-refractivity contribution in [3.05, 3.63) is 52.5 Å². The lowest BCUT2D eigenvalue weighted by Crippen LogP contribution is -2.19. The molecule has 1 N–H and O–H groups in total. The maximum Gasteiger partial charge on any atom is 0.573 e. The number of halogens is 4. The lowest BCUT2D eigenvalue weighted by molar-refractivity contribution is -0.274. The molecule has 0 aliphatic heterocycles. The van der Waals surface area contributed by atoms with Crippen LogP contribution in [0.25, 0.3) is 0 Å². The number of para-hydroxylation sites is 2. The molecule has 1 amide bonds. The van der Waals surface area contributed by atoms with E-state index in [-0.39, 0.29) is 11.3 Å². The van der Waals surface area contributed by atoms with Crippen molar-refractivity contribution >= 4 is 27.5 Å². The van der Waals surface area contributed by atoms with E-state index in [9.17, 15) is 18.0 Å². The number of nitrogens with one attached hydrogen (secondary N) is 1. The van der Waals surface area contributed by atoms with Gasteiger partial charge in [0.05, 0.1) is 18.4 Å². The van der Waals surface area contributed by atoms with Gasteiger partial charge in [-0.2, -0.15) is 0 Å². The number of methoxy groups -OCH3 is 1. The molecule has 0 heterocycles. The van der Waals surface area contributed by atoms with E-state index in [1.807, 2.05) is 0 Å². The number of hydrogen-bond acceptors (Lipinski definition) is 3. The average Bonchev–Trinajstić information content (AvgIpc) is 2.48. The van der Waals surface area contributed by atoms with Gasteiger partial charge in [0.15, 0.2) is 5.75 Å². The van der Waals surface area contributed by atoms with Crippen LogP contribution in [0.3, 0.4) is 0 Å². The third kappa shape index (κ3) is 4.62. The van der Waals surface area contributed by atoms with Crippen LogP contribution in [0.5, 0.6) is 11.5 Å². The van der Waals surface area contributed by atoms with Crippen molar-refractivity contribution in [3.8, 4) is 11.5 Å². The van der Waals surface area contributed by atoms with Crippen molar-refractivity contribution in [2.24, 2.45) is 0 Å². The van der Waals surface area contributed by atoms with E-state index in [1.165, 1.54) is 31.4 Å². The lowest BCUT2D eigenvalue weighted by atomic mass is 10.2. The highest BCUT2D eigenvalue weighted by Gasteiger charge is 2.32. The summed E-state index contributed by atoms with van der Waals surface area (Å²) in [5.41, 5.74) is 0.121. The molecule has 0 spiro atoms. The summed E-state index contributed by atoms with van der Waals surface area (Å²) in [5.74, 6) is -0.653. The second-order valence-electron chi connectivity index (χ2n) is 4.34. The molecule has 23 heavy (non-hydrogen) atoms. The van der Waals surface area contributed by atoms with Crippen LogP contribution in [0.4, 0.5) is 18.9 Å². The Morgan fingerprint density at radius 3 is 2.52 bits per heavy atom.